The number of rotatable bonds is 6. The number of para-hydroxylation sites is 1. The van der Waals surface area contributed by atoms with Crippen LogP contribution < -0.4 is 5.32 Å². The average molecular weight is 569 g/mol. The van der Waals surface area contributed by atoms with E-state index in [1.54, 1.807) is 38.2 Å². The number of amides is 4. The topological polar surface area (TPSA) is 89.1 Å². The highest BCUT2D eigenvalue weighted by Crippen LogP contribution is 2.30. The molecule has 2 aliphatic rings. The van der Waals surface area contributed by atoms with Crippen molar-refractivity contribution in [2.24, 2.45) is 0 Å². The zero-order chi connectivity index (χ0) is 28.5. The molecular formula is C31H32N6O3S. The predicted molar refractivity (Wildman–Crippen MR) is 157 cm³/mol. The van der Waals surface area contributed by atoms with Crippen molar-refractivity contribution in [3.8, 4) is 0 Å². The first-order valence-corrected chi connectivity index (χ1v) is 14.6. The minimum Gasteiger partial charge on any atom is -0.333 e. The molecule has 2 fully saturated rings. The molecule has 41 heavy (non-hydrogen) atoms. The molecule has 3 heterocycles. The van der Waals surface area contributed by atoms with Gasteiger partial charge in [-0.1, -0.05) is 72.3 Å². The maximum atomic E-state index is 14.1. The van der Waals surface area contributed by atoms with Crippen molar-refractivity contribution in [1.29, 1.82) is 0 Å². The van der Waals surface area contributed by atoms with E-state index in [2.05, 4.69) is 10.3 Å². The quantitative estimate of drug-likeness (QED) is 0.383. The molecule has 4 amide bonds. The smallest absolute Gasteiger partial charge is 0.333 e. The van der Waals surface area contributed by atoms with Gasteiger partial charge in [-0.25, -0.2) is 19.8 Å². The summed E-state index contributed by atoms with van der Waals surface area (Å²) in [6.07, 6.45) is -0.290. The Hall–Kier alpha value is -4.28. The van der Waals surface area contributed by atoms with Crippen molar-refractivity contribution in [2.45, 2.75) is 38.6 Å². The number of carbonyl (C=O) groups is 3. The van der Waals surface area contributed by atoms with Crippen molar-refractivity contribution in [3.63, 3.8) is 0 Å². The number of hydrogen-bond acceptors (Lipinski definition) is 6. The van der Waals surface area contributed by atoms with Crippen LogP contribution in [0.25, 0.3) is 10.2 Å². The zero-order valence-electron chi connectivity index (χ0n) is 23.1. The van der Waals surface area contributed by atoms with Gasteiger partial charge in [0.2, 0.25) is 11.8 Å². The summed E-state index contributed by atoms with van der Waals surface area (Å²) < 4.78 is 1.05. The van der Waals surface area contributed by atoms with Crippen LogP contribution in [0.4, 0.5) is 4.79 Å². The monoisotopic (exact) mass is 568 g/mol. The summed E-state index contributed by atoms with van der Waals surface area (Å²) in [6, 6.07) is 22.6. The lowest BCUT2D eigenvalue weighted by Gasteiger charge is -2.54. The van der Waals surface area contributed by atoms with Gasteiger partial charge in [0.1, 0.15) is 12.2 Å². The second kappa shape index (κ2) is 11.3. The van der Waals surface area contributed by atoms with E-state index >= 15 is 0 Å². The summed E-state index contributed by atoms with van der Waals surface area (Å²) in [5.74, 6) is -0.298. The Morgan fingerprint density at radius 3 is 2.56 bits per heavy atom. The summed E-state index contributed by atoms with van der Waals surface area (Å²) in [6.45, 7) is 2.91. The van der Waals surface area contributed by atoms with Crippen molar-refractivity contribution >= 4 is 39.4 Å². The first-order valence-electron chi connectivity index (χ1n) is 13.7. The number of benzene rings is 3. The highest BCUT2D eigenvalue weighted by molar-refractivity contribution is 7.16. The number of aromatic nitrogens is 1. The number of fused-ring (bicyclic) bond motifs is 2. The largest absolute Gasteiger partial charge is 0.334 e. The average Bonchev–Trinajstić information content (AvgIpc) is 3.46. The number of thiazole rings is 1. The minimum atomic E-state index is -0.739. The molecule has 0 saturated carbocycles. The van der Waals surface area contributed by atoms with E-state index in [9.17, 15) is 14.4 Å². The van der Waals surface area contributed by atoms with Crippen molar-refractivity contribution < 1.29 is 14.4 Å². The van der Waals surface area contributed by atoms with Crippen LogP contribution in [0.3, 0.4) is 0 Å². The summed E-state index contributed by atoms with van der Waals surface area (Å²) in [4.78, 5) is 49.3. The molecule has 2 atom stereocenters. The van der Waals surface area contributed by atoms with Crippen LogP contribution in [0.2, 0.25) is 0 Å². The minimum absolute atomic E-state index is 0.00503. The molecule has 2 saturated heterocycles. The second-order valence-corrected chi connectivity index (χ2v) is 11.5. The normalized spacial score (nSPS) is 19.5. The third-order valence-corrected chi connectivity index (χ3v) is 8.58. The molecule has 3 aromatic carbocycles. The third kappa shape index (κ3) is 5.40. The number of carbonyl (C=O) groups excluding carboxylic acids is 3. The molecule has 0 spiro atoms. The molecular weight excluding hydrogens is 536 g/mol. The number of likely N-dealkylation sites (N-methyl/N-ethyl adjacent to an activating group) is 1. The third-order valence-electron chi connectivity index (χ3n) is 7.79. The first kappa shape index (κ1) is 26.9. The highest BCUT2D eigenvalue weighted by atomic mass is 32.1. The molecule has 0 radical (unpaired) electrons. The predicted octanol–water partition coefficient (Wildman–Crippen LogP) is 3.79. The lowest BCUT2D eigenvalue weighted by Crippen LogP contribution is -2.76. The van der Waals surface area contributed by atoms with Crippen molar-refractivity contribution in [1.82, 2.24) is 30.1 Å². The van der Waals surface area contributed by atoms with Gasteiger partial charge in [-0.05, 0) is 29.7 Å². The van der Waals surface area contributed by atoms with Crippen LogP contribution in [0, 0.1) is 6.92 Å². The lowest BCUT2D eigenvalue weighted by atomic mass is 9.97. The van der Waals surface area contributed by atoms with Crippen LogP contribution in [0.1, 0.15) is 22.3 Å². The fraction of sp³-hybridized carbons (Fsp3) is 0.290. The number of piperazine rings is 1. The van der Waals surface area contributed by atoms with Gasteiger partial charge in [0.25, 0.3) is 0 Å². The van der Waals surface area contributed by atoms with E-state index in [-0.39, 0.29) is 30.9 Å². The van der Waals surface area contributed by atoms with Gasteiger partial charge in [0, 0.05) is 26.6 Å². The van der Waals surface area contributed by atoms with Crippen LogP contribution in [-0.4, -0.2) is 75.0 Å². The fourth-order valence-electron chi connectivity index (χ4n) is 5.73. The zero-order valence-corrected chi connectivity index (χ0v) is 23.9. The van der Waals surface area contributed by atoms with Gasteiger partial charge < -0.3 is 15.1 Å². The van der Waals surface area contributed by atoms with E-state index in [1.165, 1.54) is 0 Å². The Kier molecular flexibility index (Phi) is 7.42. The van der Waals surface area contributed by atoms with Gasteiger partial charge in [-0.15, -0.1) is 11.3 Å². The van der Waals surface area contributed by atoms with Crippen LogP contribution in [0.5, 0.6) is 0 Å². The van der Waals surface area contributed by atoms with E-state index in [4.69, 9.17) is 0 Å². The summed E-state index contributed by atoms with van der Waals surface area (Å²) in [5.41, 5.74) is 6.68. The SMILES string of the molecule is Cc1ccc(C[C@H]2C(=O)N(Cc3cccc4scnc34)C[C@H]3N2C(=O)CN(C)N3C(=O)NCc2ccccc2)cc1. The van der Waals surface area contributed by atoms with E-state index in [1.807, 2.05) is 85.2 Å². The number of hydrogen-bond donors (Lipinski definition) is 1. The summed E-state index contributed by atoms with van der Waals surface area (Å²) in [5, 5.41) is 6.26. The molecule has 6 rings (SSSR count). The molecule has 10 heteroatoms. The van der Waals surface area contributed by atoms with Crippen LogP contribution in [-0.2, 0) is 29.1 Å². The lowest BCUT2D eigenvalue weighted by molar-refractivity contribution is -0.187. The summed E-state index contributed by atoms with van der Waals surface area (Å²) >= 11 is 1.56. The Morgan fingerprint density at radius 1 is 1.00 bits per heavy atom. The molecule has 9 nitrogen and oxygen atoms in total. The molecule has 210 valence electrons. The van der Waals surface area contributed by atoms with E-state index < -0.39 is 12.2 Å². The maximum absolute atomic E-state index is 14.1. The molecule has 1 N–H and O–H groups in total. The molecule has 2 aliphatic heterocycles. The van der Waals surface area contributed by atoms with Gasteiger partial charge >= 0.3 is 6.03 Å². The number of nitrogens with zero attached hydrogens (tertiary/aromatic N) is 5. The Bertz CT molecular complexity index is 1570. The molecule has 1 aromatic heterocycles. The van der Waals surface area contributed by atoms with Gasteiger partial charge in [0.15, 0.2) is 0 Å². The first-order chi connectivity index (χ1) is 19.9. The van der Waals surface area contributed by atoms with Gasteiger partial charge in [0.05, 0.1) is 28.8 Å². The Balaban J connectivity index is 1.33. The van der Waals surface area contributed by atoms with E-state index in [0.717, 1.165) is 32.5 Å². The van der Waals surface area contributed by atoms with Gasteiger partial charge in [-0.2, -0.15) is 0 Å². The van der Waals surface area contributed by atoms with Gasteiger partial charge in [-0.3, -0.25) is 9.59 Å². The Labute approximate surface area is 242 Å². The van der Waals surface area contributed by atoms with Crippen LogP contribution in [0.15, 0.2) is 78.3 Å². The fourth-order valence-corrected chi connectivity index (χ4v) is 6.45. The Morgan fingerprint density at radius 2 is 1.78 bits per heavy atom. The number of hydrazine groups is 1. The van der Waals surface area contributed by atoms with Crippen molar-refractivity contribution in [2.75, 3.05) is 20.1 Å². The molecule has 4 aromatic rings. The van der Waals surface area contributed by atoms with Crippen molar-refractivity contribution in [3.05, 3.63) is 101 Å². The standard InChI is InChI=1S/C31H32N6O3S/c1-21-11-13-22(14-12-21)15-25-30(39)35(17-24-9-6-10-26-29(24)33-20-41-26)18-27-36(25)28(38)19-34(2)37(27)31(40)32-16-23-7-4-3-5-8-23/h3-14,20,25,27H,15-19H2,1-2H3,(H,32,40)/t25-,27-/m0/s1. The highest BCUT2D eigenvalue weighted by Gasteiger charge is 2.50. The maximum Gasteiger partial charge on any atom is 0.334 e. The number of urea groups is 1. The number of nitrogens with one attached hydrogen (secondary N) is 1. The van der Waals surface area contributed by atoms with Crippen LogP contribution >= 0.6 is 11.3 Å². The number of aryl methyl sites for hydroxylation is 1. The van der Waals surface area contributed by atoms with E-state index in [0.29, 0.717) is 19.5 Å². The molecule has 0 aliphatic carbocycles. The molecule has 0 unspecified atom stereocenters. The summed E-state index contributed by atoms with van der Waals surface area (Å²) in [7, 11) is 1.74. The molecule has 0 bridgehead atoms. The second-order valence-electron chi connectivity index (χ2n) is 10.6.